The van der Waals surface area contributed by atoms with Crippen LogP contribution >= 0.6 is 22.6 Å². The molecule has 0 saturated heterocycles. The first-order valence-corrected chi connectivity index (χ1v) is 10.5. The summed E-state index contributed by atoms with van der Waals surface area (Å²) in [4.78, 5) is 10.3. The fourth-order valence-corrected chi connectivity index (χ4v) is 2.85. The van der Waals surface area contributed by atoms with E-state index < -0.39 is 5.97 Å². The number of unbranched alkanes of at least 4 members (excludes halogenated alkanes) is 8. The average Bonchev–Trinajstić information content (AvgIpc) is 2.49. The van der Waals surface area contributed by atoms with Crippen LogP contribution in [-0.2, 0) is 4.79 Å². The van der Waals surface area contributed by atoms with E-state index in [1.165, 1.54) is 57.8 Å². The van der Waals surface area contributed by atoms with Crippen molar-refractivity contribution in [3.8, 4) is 0 Å². The summed E-state index contributed by atoms with van der Waals surface area (Å²) in [6.45, 7) is 2.28. The first kappa shape index (κ1) is 22.7. The molecule has 1 N–H and O–H groups in total. The highest BCUT2D eigenvalue weighted by Gasteiger charge is 1.94. The number of rotatable bonds is 16. The van der Waals surface area contributed by atoms with Crippen LogP contribution in [0.4, 0.5) is 0 Å². The summed E-state index contributed by atoms with van der Waals surface area (Å²) in [6.07, 6.45) is 23.9. The monoisotopic (exact) mass is 434 g/mol. The van der Waals surface area contributed by atoms with Crippen LogP contribution in [0.5, 0.6) is 0 Å². The molecule has 1 atom stereocenters. The first-order chi connectivity index (χ1) is 11.1. The van der Waals surface area contributed by atoms with Crippen LogP contribution in [-0.4, -0.2) is 15.0 Å². The summed E-state index contributed by atoms with van der Waals surface area (Å²) >= 11 is 2.50. The highest BCUT2D eigenvalue weighted by atomic mass is 127. The van der Waals surface area contributed by atoms with Crippen molar-refractivity contribution >= 4 is 28.6 Å². The molecule has 0 aliphatic carbocycles. The minimum atomic E-state index is -0.691. The average molecular weight is 434 g/mol. The van der Waals surface area contributed by atoms with Gasteiger partial charge >= 0.3 is 5.97 Å². The molecule has 0 fully saturated rings. The standard InChI is InChI=1S/C20H35IO2/c1-19(21)17-15-13-11-9-7-5-3-2-4-6-8-10-12-14-16-18-20(22)23/h9-12,19H,2-8,13-18H2,1H3,(H,22,23)/b11-9-,12-10-/t19-/m1/s1. The van der Waals surface area contributed by atoms with Gasteiger partial charge in [0.1, 0.15) is 0 Å². The molecule has 0 saturated carbocycles. The molecule has 0 aromatic heterocycles. The van der Waals surface area contributed by atoms with Crippen molar-refractivity contribution < 1.29 is 9.90 Å². The Morgan fingerprint density at radius 3 is 1.74 bits per heavy atom. The fourth-order valence-electron chi connectivity index (χ4n) is 2.41. The van der Waals surface area contributed by atoms with Crippen LogP contribution in [0.15, 0.2) is 24.3 Å². The predicted molar refractivity (Wildman–Crippen MR) is 109 cm³/mol. The van der Waals surface area contributed by atoms with E-state index in [-0.39, 0.29) is 6.42 Å². The van der Waals surface area contributed by atoms with Gasteiger partial charge in [0.25, 0.3) is 0 Å². The van der Waals surface area contributed by atoms with Gasteiger partial charge in [-0.2, -0.15) is 0 Å². The fraction of sp³-hybridized carbons (Fsp3) is 0.750. The van der Waals surface area contributed by atoms with Gasteiger partial charge in [0.15, 0.2) is 0 Å². The molecule has 134 valence electrons. The van der Waals surface area contributed by atoms with Gasteiger partial charge in [-0.1, -0.05) is 73.1 Å². The highest BCUT2D eigenvalue weighted by Crippen LogP contribution is 2.11. The van der Waals surface area contributed by atoms with E-state index in [9.17, 15) is 4.79 Å². The number of carbonyl (C=O) groups is 1. The quantitative estimate of drug-likeness (QED) is 0.122. The number of hydrogen-bond acceptors (Lipinski definition) is 1. The number of carboxylic acid groups (broad SMARTS) is 1. The number of carboxylic acids is 1. The highest BCUT2D eigenvalue weighted by molar-refractivity contribution is 14.1. The number of hydrogen-bond donors (Lipinski definition) is 1. The molecule has 0 aromatic rings. The zero-order valence-electron chi connectivity index (χ0n) is 14.8. The lowest BCUT2D eigenvalue weighted by molar-refractivity contribution is -0.137. The lowest BCUT2D eigenvalue weighted by atomic mass is 10.1. The molecule has 0 spiro atoms. The van der Waals surface area contributed by atoms with Crippen LogP contribution in [0.2, 0.25) is 0 Å². The zero-order chi connectivity index (χ0) is 17.2. The molecule has 0 rings (SSSR count). The molecule has 23 heavy (non-hydrogen) atoms. The topological polar surface area (TPSA) is 37.3 Å². The molecule has 0 heterocycles. The molecule has 0 aromatic carbocycles. The Morgan fingerprint density at radius 1 is 0.826 bits per heavy atom. The number of allylic oxidation sites excluding steroid dienone is 4. The molecular weight excluding hydrogens is 399 g/mol. The van der Waals surface area contributed by atoms with E-state index in [1.807, 2.05) is 0 Å². The van der Waals surface area contributed by atoms with Gasteiger partial charge < -0.3 is 5.11 Å². The van der Waals surface area contributed by atoms with Gasteiger partial charge in [-0.3, -0.25) is 4.79 Å². The second kappa shape index (κ2) is 18.0. The Morgan fingerprint density at radius 2 is 1.26 bits per heavy atom. The largest absolute Gasteiger partial charge is 0.481 e. The Bertz CT molecular complexity index is 322. The molecule has 3 heteroatoms. The minimum Gasteiger partial charge on any atom is -0.481 e. The summed E-state index contributed by atoms with van der Waals surface area (Å²) in [5.74, 6) is -0.691. The molecule has 0 radical (unpaired) electrons. The molecular formula is C20H35IO2. The molecule has 0 aliphatic heterocycles. The van der Waals surface area contributed by atoms with Gasteiger partial charge in [-0.05, 0) is 57.8 Å². The maximum Gasteiger partial charge on any atom is 0.303 e. The summed E-state index contributed by atoms with van der Waals surface area (Å²) in [7, 11) is 0. The zero-order valence-corrected chi connectivity index (χ0v) is 17.0. The van der Waals surface area contributed by atoms with E-state index in [2.05, 4.69) is 53.8 Å². The van der Waals surface area contributed by atoms with Crippen LogP contribution < -0.4 is 0 Å². The van der Waals surface area contributed by atoms with E-state index in [4.69, 9.17) is 5.11 Å². The van der Waals surface area contributed by atoms with E-state index in [1.54, 1.807) is 0 Å². The Balaban J connectivity index is 3.17. The third kappa shape index (κ3) is 21.7. The van der Waals surface area contributed by atoms with Crippen molar-refractivity contribution in [2.45, 2.75) is 94.3 Å². The molecule has 0 unspecified atom stereocenters. The summed E-state index contributed by atoms with van der Waals surface area (Å²) < 4.78 is 0.806. The second-order valence-corrected chi connectivity index (χ2v) is 8.41. The van der Waals surface area contributed by atoms with Crippen LogP contribution in [0.25, 0.3) is 0 Å². The minimum absolute atomic E-state index is 0.288. The van der Waals surface area contributed by atoms with E-state index >= 15 is 0 Å². The number of aliphatic carboxylic acids is 1. The van der Waals surface area contributed by atoms with Crippen molar-refractivity contribution in [1.29, 1.82) is 0 Å². The van der Waals surface area contributed by atoms with Crippen molar-refractivity contribution in [2.75, 3.05) is 0 Å². The Hall–Kier alpha value is -0.320. The second-order valence-electron chi connectivity index (χ2n) is 6.29. The molecule has 0 aliphatic rings. The SMILES string of the molecule is C[C@@H](I)CCC/C=C\CCCCCCC/C=C\CCCC(=O)O. The smallest absolute Gasteiger partial charge is 0.303 e. The van der Waals surface area contributed by atoms with Gasteiger partial charge in [0, 0.05) is 10.3 Å². The summed E-state index contributed by atoms with van der Waals surface area (Å²) in [5.41, 5.74) is 0. The first-order valence-electron chi connectivity index (χ1n) is 9.28. The predicted octanol–water partition coefficient (Wildman–Crippen LogP) is 7.08. The van der Waals surface area contributed by atoms with Crippen molar-refractivity contribution in [3.63, 3.8) is 0 Å². The third-order valence-electron chi connectivity index (χ3n) is 3.81. The van der Waals surface area contributed by atoms with Gasteiger partial charge in [-0.15, -0.1) is 0 Å². The third-order valence-corrected chi connectivity index (χ3v) is 4.43. The molecule has 0 amide bonds. The number of alkyl halides is 1. The summed E-state index contributed by atoms with van der Waals surface area (Å²) in [6, 6.07) is 0. The van der Waals surface area contributed by atoms with Gasteiger partial charge in [0.2, 0.25) is 0 Å². The molecule has 2 nitrogen and oxygen atoms in total. The van der Waals surface area contributed by atoms with Gasteiger partial charge in [-0.25, -0.2) is 0 Å². The van der Waals surface area contributed by atoms with Gasteiger partial charge in [0.05, 0.1) is 0 Å². The van der Waals surface area contributed by atoms with E-state index in [0.29, 0.717) is 0 Å². The Kier molecular flexibility index (Phi) is 17.8. The lowest BCUT2D eigenvalue weighted by Crippen LogP contribution is -1.92. The van der Waals surface area contributed by atoms with Crippen molar-refractivity contribution in [3.05, 3.63) is 24.3 Å². The molecule has 0 bridgehead atoms. The maximum absolute atomic E-state index is 10.3. The van der Waals surface area contributed by atoms with Crippen molar-refractivity contribution in [1.82, 2.24) is 0 Å². The normalized spacial score (nSPS) is 13.1. The lowest BCUT2D eigenvalue weighted by Gasteiger charge is -2.00. The van der Waals surface area contributed by atoms with Crippen LogP contribution in [0, 0.1) is 0 Å². The van der Waals surface area contributed by atoms with E-state index in [0.717, 1.165) is 23.2 Å². The van der Waals surface area contributed by atoms with Crippen molar-refractivity contribution in [2.24, 2.45) is 0 Å². The Labute approximate surface area is 157 Å². The van der Waals surface area contributed by atoms with Crippen LogP contribution in [0.1, 0.15) is 90.4 Å². The maximum atomic E-state index is 10.3. The van der Waals surface area contributed by atoms with Crippen LogP contribution in [0.3, 0.4) is 0 Å². The summed E-state index contributed by atoms with van der Waals surface area (Å²) in [5, 5.41) is 8.52. The number of halogens is 1.